The summed E-state index contributed by atoms with van der Waals surface area (Å²) in [6.07, 6.45) is 4.65. The molecule has 26 heavy (non-hydrogen) atoms. The first-order valence-electron chi connectivity index (χ1n) is 8.86. The average molecular weight is 374 g/mol. The maximum atomic E-state index is 13.0. The number of halogens is 1. The van der Waals surface area contributed by atoms with Crippen LogP contribution in [-0.4, -0.2) is 44.5 Å². The Morgan fingerprint density at radius 3 is 2.65 bits per heavy atom. The van der Waals surface area contributed by atoms with Gasteiger partial charge in [-0.2, -0.15) is 0 Å². The van der Waals surface area contributed by atoms with Crippen molar-refractivity contribution in [3.05, 3.63) is 52.6 Å². The van der Waals surface area contributed by atoms with Crippen LogP contribution in [-0.2, 0) is 17.8 Å². The van der Waals surface area contributed by atoms with Gasteiger partial charge in [0.05, 0.1) is 12.1 Å². The van der Waals surface area contributed by atoms with Crippen LogP contribution in [0.4, 0.5) is 0 Å². The van der Waals surface area contributed by atoms with E-state index in [1.807, 2.05) is 16.7 Å². The highest BCUT2D eigenvalue weighted by molar-refractivity contribution is 6.30. The number of benzene rings is 1. The first-order valence-corrected chi connectivity index (χ1v) is 9.24. The molecule has 1 fully saturated rings. The van der Waals surface area contributed by atoms with Gasteiger partial charge in [-0.05, 0) is 30.5 Å². The second-order valence-electron chi connectivity index (χ2n) is 6.98. The summed E-state index contributed by atoms with van der Waals surface area (Å²) in [7, 11) is 0. The summed E-state index contributed by atoms with van der Waals surface area (Å²) in [5.41, 5.74) is 1.47. The quantitative estimate of drug-likeness (QED) is 0.897. The van der Waals surface area contributed by atoms with Crippen molar-refractivity contribution in [3.8, 4) is 0 Å². The Morgan fingerprint density at radius 2 is 1.92 bits per heavy atom. The maximum absolute atomic E-state index is 13.0. The number of aliphatic carboxylic acids is 1. The minimum atomic E-state index is -0.879. The number of imidazole rings is 1. The molecular weight excluding hydrogens is 354 g/mol. The van der Waals surface area contributed by atoms with Crippen LogP contribution in [0, 0.1) is 5.92 Å². The summed E-state index contributed by atoms with van der Waals surface area (Å²) in [6.45, 7) is 1.40. The van der Waals surface area contributed by atoms with Crippen molar-refractivity contribution in [1.29, 1.82) is 0 Å². The first-order chi connectivity index (χ1) is 12.5. The number of carboxylic acids is 1. The van der Waals surface area contributed by atoms with E-state index in [1.54, 1.807) is 23.2 Å². The number of nitrogens with zero attached hydrogens (tertiary/aromatic N) is 3. The van der Waals surface area contributed by atoms with Crippen LogP contribution in [0.1, 0.15) is 40.6 Å². The summed E-state index contributed by atoms with van der Waals surface area (Å²) in [4.78, 5) is 30.8. The third-order valence-electron chi connectivity index (χ3n) is 5.41. The standard InChI is InChI=1S/C19H20ClN3O3/c20-13-6-4-12(5-7-13)14-10-22(11-15(14)19(25)26)18(24)16-9-21-17-3-1-2-8-23(16)17/h4-7,9,14-15H,1-3,8,10-11H2,(H,25,26)/t14-,15+/m0/s1. The molecule has 3 heterocycles. The van der Waals surface area contributed by atoms with Crippen molar-refractivity contribution in [2.75, 3.05) is 13.1 Å². The van der Waals surface area contributed by atoms with Crippen LogP contribution in [0.3, 0.4) is 0 Å². The van der Waals surface area contributed by atoms with Crippen LogP contribution in [0.25, 0.3) is 0 Å². The van der Waals surface area contributed by atoms with E-state index in [0.717, 1.165) is 37.2 Å². The zero-order valence-corrected chi connectivity index (χ0v) is 15.0. The maximum Gasteiger partial charge on any atom is 0.308 e. The predicted octanol–water partition coefficient (Wildman–Crippen LogP) is 2.81. The number of aromatic nitrogens is 2. The summed E-state index contributed by atoms with van der Waals surface area (Å²) < 4.78 is 1.98. The molecule has 1 aromatic carbocycles. The van der Waals surface area contributed by atoms with Gasteiger partial charge in [0.25, 0.3) is 5.91 Å². The third kappa shape index (κ3) is 2.98. The van der Waals surface area contributed by atoms with Gasteiger partial charge in [-0.25, -0.2) is 4.98 Å². The molecule has 1 saturated heterocycles. The molecule has 2 aromatic rings. The van der Waals surface area contributed by atoms with Crippen LogP contribution in [0.15, 0.2) is 30.5 Å². The van der Waals surface area contributed by atoms with Crippen molar-refractivity contribution in [1.82, 2.24) is 14.5 Å². The Kier molecular flexibility index (Phi) is 4.44. The number of hydrogen-bond acceptors (Lipinski definition) is 3. The first kappa shape index (κ1) is 17.1. The van der Waals surface area contributed by atoms with Crippen LogP contribution < -0.4 is 0 Å². The van der Waals surface area contributed by atoms with Gasteiger partial charge >= 0.3 is 5.97 Å². The van der Waals surface area contributed by atoms with Gasteiger partial charge in [-0.1, -0.05) is 23.7 Å². The van der Waals surface area contributed by atoms with Crippen molar-refractivity contribution in [3.63, 3.8) is 0 Å². The highest BCUT2D eigenvalue weighted by atomic mass is 35.5. The summed E-state index contributed by atoms with van der Waals surface area (Å²) in [5.74, 6) is -0.923. The lowest BCUT2D eigenvalue weighted by Crippen LogP contribution is -2.32. The monoisotopic (exact) mass is 373 g/mol. The Labute approximate surface area is 156 Å². The fourth-order valence-electron chi connectivity index (χ4n) is 4.02. The van der Waals surface area contributed by atoms with E-state index in [1.165, 1.54) is 0 Å². The lowest BCUT2D eigenvalue weighted by atomic mass is 9.89. The molecule has 1 amide bonds. The van der Waals surface area contributed by atoms with E-state index < -0.39 is 11.9 Å². The molecule has 2 aliphatic heterocycles. The number of likely N-dealkylation sites (tertiary alicyclic amines) is 1. The molecule has 0 radical (unpaired) electrons. The third-order valence-corrected chi connectivity index (χ3v) is 5.66. The average Bonchev–Trinajstić information content (AvgIpc) is 3.26. The number of amides is 1. The minimum absolute atomic E-state index is 0.131. The highest BCUT2D eigenvalue weighted by Gasteiger charge is 2.41. The number of fused-ring (bicyclic) bond motifs is 1. The summed E-state index contributed by atoms with van der Waals surface area (Å²) >= 11 is 5.94. The zero-order valence-electron chi connectivity index (χ0n) is 14.3. The smallest absolute Gasteiger partial charge is 0.308 e. The molecular formula is C19H20ClN3O3. The van der Waals surface area contributed by atoms with Gasteiger partial charge in [0.1, 0.15) is 11.5 Å². The topological polar surface area (TPSA) is 75.4 Å². The second kappa shape index (κ2) is 6.76. The Bertz CT molecular complexity index is 846. The lowest BCUT2D eigenvalue weighted by Gasteiger charge is -2.20. The number of carbonyl (C=O) groups excluding carboxylic acids is 1. The predicted molar refractivity (Wildman–Crippen MR) is 96.4 cm³/mol. The van der Waals surface area contributed by atoms with Crippen LogP contribution >= 0.6 is 11.6 Å². The Balaban J connectivity index is 1.60. The van der Waals surface area contributed by atoms with Crippen molar-refractivity contribution >= 4 is 23.5 Å². The van der Waals surface area contributed by atoms with Gasteiger partial charge < -0.3 is 14.6 Å². The van der Waals surface area contributed by atoms with Crippen molar-refractivity contribution in [2.45, 2.75) is 31.7 Å². The molecule has 0 spiro atoms. The molecule has 7 heteroatoms. The molecule has 0 aliphatic carbocycles. The molecule has 136 valence electrons. The summed E-state index contributed by atoms with van der Waals surface area (Å²) in [6, 6.07) is 7.20. The molecule has 2 aliphatic rings. The number of hydrogen-bond donors (Lipinski definition) is 1. The van der Waals surface area contributed by atoms with Gasteiger partial charge in [0.15, 0.2) is 0 Å². The molecule has 1 aromatic heterocycles. The molecule has 0 saturated carbocycles. The minimum Gasteiger partial charge on any atom is -0.481 e. The number of carbonyl (C=O) groups is 2. The number of aryl methyl sites for hydroxylation is 1. The summed E-state index contributed by atoms with van der Waals surface area (Å²) in [5, 5.41) is 10.2. The lowest BCUT2D eigenvalue weighted by molar-refractivity contribution is -0.141. The van der Waals surface area contributed by atoms with E-state index in [0.29, 0.717) is 17.3 Å². The molecule has 0 unspecified atom stereocenters. The van der Waals surface area contributed by atoms with Gasteiger partial charge in [-0.15, -0.1) is 0 Å². The largest absolute Gasteiger partial charge is 0.481 e. The number of rotatable bonds is 3. The highest BCUT2D eigenvalue weighted by Crippen LogP contribution is 2.34. The fourth-order valence-corrected chi connectivity index (χ4v) is 4.14. The molecule has 6 nitrogen and oxygen atoms in total. The fraction of sp³-hybridized carbons (Fsp3) is 0.421. The molecule has 1 N–H and O–H groups in total. The van der Waals surface area contributed by atoms with E-state index in [4.69, 9.17) is 11.6 Å². The molecule has 4 rings (SSSR count). The van der Waals surface area contributed by atoms with E-state index in [9.17, 15) is 14.7 Å². The number of carboxylic acid groups (broad SMARTS) is 1. The Hall–Kier alpha value is -2.34. The van der Waals surface area contributed by atoms with Crippen molar-refractivity contribution in [2.24, 2.45) is 5.92 Å². The normalized spacial score (nSPS) is 22.3. The van der Waals surface area contributed by atoms with Crippen LogP contribution in [0.2, 0.25) is 5.02 Å². The van der Waals surface area contributed by atoms with Gasteiger partial charge in [0.2, 0.25) is 0 Å². The Morgan fingerprint density at radius 1 is 1.15 bits per heavy atom. The van der Waals surface area contributed by atoms with E-state index >= 15 is 0 Å². The zero-order chi connectivity index (χ0) is 18.3. The van der Waals surface area contributed by atoms with Gasteiger partial charge in [0, 0.05) is 37.0 Å². The van der Waals surface area contributed by atoms with Crippen molar-refractivity contribution < 1.29 is 14.7 Å². The SMILES string of the molecule is O=C(O)[C@@H]1CN(C(=O)c2cnc3n2CCCC3)C[C@H]1c1ccc(Cl)cc1. The second-order valence-corrected chi connectivity index (χ2v) is 7.42. The van der Waals surface area contributed by atoms with Gasteiger partial charge in [-0.3, -0.25) is 9.59 Å². The molecule has 2 atom stereocenters. The van der Waals surface area contributed by atoms with E-state index in [-0.39, 0.29) is 18.4 Å². The van der Waals surface area contributed by atoms with E-state index in [2.05, 4.69) is 4.98 Å². The molecule has 0 bridgehead atoms. The van der Waals surface area contributed by atoms with Crippen LogP contribution in [0.5, 0.6) is 0 Å².